The zero-order valence-electron chi connectivity index (χ0n) is 31.5. The molecule has 0 spiro atoms. The second-order valence-electron chi connectivity index (χ2n) is 14.6. The van der Waals surface area contributed by atoms with Crippen molar-refractivity contribution in [2.45, 2.75) is 0 Å². The molecule has 4 heteroatoms. The van der Waals surface area contributed by atoms with Crippen LogP contribution in [0, 0.1) is 0 Å². The number of nitrogens with zero attached hydrogens (tertiary/aromatic N) is 3. The molecule has 2 aromatic heterocycles. The number of hydrogen-bond donors (Lipinski definition) is 0. The highest BCUT2D eigenvalue weighted by atomic mass is 16.3. The molecule has 11 aromatic rings. The Labute approximate surface area is 335 Å². The normalized spacial score (nSPS) is 11.4. The van der Waals surface area contributed by atoms with E-state index in [0.29, 0.717) is 5.82 Å². The molecule has 0 aliphatic heterocycles. The maximum absolute atomic E-state index is 6.84. The van der Waals surface area contributed by atoms with Crippen LogP contribution in [-0.2, 0) is 0 Å². The second-order valence-corrected chi connectivity index (χ2v) is 14.6. The first kappa shape index (κ1) is 33.5. The van der Waals surface area contributed by atoms with E-state index < -0.39 is 0 Å². The fourth-order valence-corrected chi connectivity index (χ4v) is 8.12. The molecule has 0 atom stereocenters. The Bertz CT molecular complexity index is 3210. The van der Waals surface area contributed by atoms with Crippen LogP contribution in [0.25, 0.3) is 88.5 Å². The van der Waals surface area contributed by atoms with Crippen LogP contribution in [0.3, 0.4) is 0 Å². The highest BCUT2D eigenvalue weighted by molar-refractivity contribution is 6.14. The molecule has 0 fully saturated rings. The van der Waals surface area contributed by atoms with E-state index in [2.05, 4.69) is 181 Å². The van der Waals surface area contributed by atoms with Gasteiger partial charge in [-0.25, -0.2) is 9.97 Å². The van der Waals surface area contributed by atoms with Gasteiger partial charge in [0.2, 0.25) is 0 Å². The van der Waals surface area contributed by atoms with Crippen molar-refractivity contribution in [1.82, 2.24) is 9.97 Å². The summed E-state index contributed by atoms with van der Waals surface area (Å²) in [4.78, 5) is 12.7. The van der Waals surface area contributed by atoms with Gasteiger partial charge in [-0.3, -0.25) is 0 Å². The first-order chi connectivity index (χ1) is 28.7. The number of hydrogen-bond acceptors (Lipinski definition) is 4. The molecule has 2 heterocycles. The molecule has 0 aliphatic carbocycles. The number of rotatable bonds is 7. The van der Waals surface area contributed by atoms with Crippen molar-refractivity contribution in [2.75, 3.05) is 4.90 Å². The molecule has 0 saturated carbocycles. The van der Waals surface area contributed by atoms with Crippen LogP contribution in [0.5, 0.6) is 0 Å². The quantitative estimate of drug-likeness (QED) is 0.163. The summed E-state index contributed by atoms with van der Waals surface area (Å²) in [5.74, 6) is 0.663. The lowest BCUT2D eigenvalue weighted by atomic mass is 9.96. The van der Waals surface area contributed by atoms with Gasteiger partial charge in [-0.2, -0.15) is 0 Å². The van der Waals surface area contributed by atoms with Gasteiger partial charge in [-0.05, 0) is 99.4 Å². The van der Waals surface area contributed by atoms with Crippen molar-refractivity contribution in [3.05, 3.63) is 212 Å². The van der Waals surface area contributed by atoms with E-state index >= 15 is 0 Å². The largest absolute Gasteiger partial charge is 0.455 e. The SMILES string of the molecule is c1ccc(-c2cc(-c3cc(-c4ccc(N(c5ccccc5)c5ccc6ccccc6c5)cc4)cc4c3oc3cc5ccccc5cc34)nc(-c3ccccc3)n2)cc1. The number of para-hydroxylation sites is 1. The predicted octanol–water partition coefficient (Wildman–Crippen LogP) is 14.8. The molecule has 0 aliphatic rings. The molecule has 0 amide bonds. The molecule has 4 nitrogen and oxygen atoms in total. The van der Waals surface area contributed by atoms with Crippen molar-refractivity contribution in [1.29, 1.82) is 0 Å². The number of anilines is 3. The van der Waals surface area contributed by atoms with Crippen LogP contribution in [0.1, 0.15) is 0 Å². The topological polar surface area (TPSA) is 42.2 Å². The summed E-state index contributed by atoms with van der Waals surface area (Å²) >= 11 is 0. The Morgan fingerprint density at radius 2 is 0.914 bits per heavy atom. The zero-order valence-corrected chi connectivity index (χ0v) is 31.5. The summed E-state index contributed by atoms with van der Waals surface area (Å²) in [6, 6.07) is 74.5. The van der Waals surface area contributed by atoms with Gasteiger partial charge in [-0.15, -0.1) is 0 Å². The predicted molar refractivity (Wildman–Crippen MR) is 241 cm³/mol. The van der Waals surface area contributed by atoms with Gasteiger partial charge in [0.05, 0.1) is 11.4 Å². The monoisotopic (exact) mass is 741 g/mol. The van der Waals surface area contributed by atoms with E-state index in [0.717, 1.165) is 83.6 Å². The van der Waals surface area contributed by atoms with Gasteiger partial charge in [0, 0.05) is 44.5 Å². The molecule has 58 heavy (non-hydrogen) atoms. The van der Waals surface area contributed by atoms with Crippen molar-refractivity contribution >= 4 is 60.5 Å². The third kappa shape index (κ3) is 6.05. The molecule has 0 radical (unpaired) electrons. The molecule has 0 saturated heterocycles. The minimum absolute atomic E-state index is 0.663. The van der Waals surface area contributed by atoms with E-state index in [1.54, 1.807) is 0 Å². The average Bonchev–Trinajstić information content (AvgIpc) is 3.66. The van der Waals surface area contributed by atoms with Crippen molar-refractivity contribution in [3.63, 3.8) is 0 Å². The third-order valence-electron chi connectivity index (χ3n) is 11.0. The van der Waals surface area contributed by atoms with E-state index in [9.17, 15) is 0 Å². The summed E-state index contributed by atoms with van der Waals surface area (Å²) in [6.45, 7) is 0. The van der Waals surface area contributed by atoms with Crippen LogP contribution in [-0.4, -0.2) is 9.97 Å². The van der Waals surface area contributed by atoms with E-state index in [1.165, 1.54) is 16.2 Å². The first-order valence-electron chi connectivity index (χ1n) is 19.6. The minimum atomic E-state index is 0.663. The summed E-state index contributed by atoms with van der Waals surface area (Å²) in [5, 5.41) is 6.84. The van der Waals surface area contributed by atoms with Gasteiger partial charge in [0.1, 0.15) is 11.2 Å². The number of furan rings is 1. The number of benzene rings is 9. The Morgan fingerprint density at radius 1 is 0.345 bits per heavy atom. The highest BCUT2D eigenvalue weighted by Crippen LogP contribution is 2.43. The third-order valence-corrected chi connectivity index (χ3v) is 11.0. The Hall–Kier alpha value is -7.82. The zero-order chi connectivity index (χ0) is 38.4. The molecule has 11 rings (SSSR count). The van der Waals surface area contributed by atoms with Crippen LogP contribution in [0.4, 0.5) is 17.1 Å². The van der Waals surface area contributed by atoms with E-state index in [1.807, 2.05) is 36.4 Å². The smallest absolute Gasteiger partial charge is 0.160 e. The van der Waals surface area contributed by atoms with Gasteiger partial charge in [0.15, 0.2) is 5.82 Å². The van der Waals surface area contributed by atoms with Crippen LogP contribution in [0.2, 0.25) is 0 Å². The van der Waals surface area contributed by atoms with E-state index in [4.69, 9.17) is 14.4 Å². The summed E-state index contributed by atoms with van der Waals surface area (Å²) in [5.41, 5.74) is 11.6. The summed E-state index contributed by atoms with van der Waals surface area (Å²) in [7, 11) is 0. The number of aromatic nitrogens is 2. The van der Waals surface area contributed by atoms with Crippen molar-refractivity contribution < 1.29 is 4.42 Å². The molecular weight excluding hydrogens is 707 g/mol. The van der Waals surface area contributed by atoms with Crippen LogP contribution >= 0.6 is 0 Å². The maximum atomic E-state index is 6.84. The van der Waals surface area contributed by atoms with Crippen molar-refractivity contribution in [2.24, 2.45) is 0 Å². The van der Waals surface area contributed by atoms with Crippen LogP contribution in [0.15, 0.2) is 217 Å². The molecule has 272 valence electrons. The average molecular weight is 742 g/mol. The van der Waals surface area contributed by atoms with Gasteiger partial charge in [0.25, 0.3) is 0 Å². The molecular formula is C54H35N3O. The lowest BCUT2D eigenvalue weighted by molar-refractivity contribution is 0.670. The Balaban J connectivity index is 1.11. The molecule has 0 unspecified atom stereocenters. The van der Waals surface area contributed by atoms with Gasteiger partial charge >= 0.3 is 0 Å². The number of fused-ring (bicyclic) bond motifs is 5. The molecule has 9 aromatic carbocycles. The van der Waals surface area contributed by atoms with E-state index in [-0.39, 0.29) is 0 Å². The van der Waals surface area contributed by atoms with Gasteiger partial charge < -0.3 is 9.32 Å². The summed E-state index contributed by atoms with van der Waals surface area (Å²) < 4.78 is 6.84. The lowest BCUT2D eigenvalue weighted by Gasteiger charge is -2.26. The van der Waals surface area contributed by atoms with Crippen LogP contribution < -0.4 is 4.90 Å². The Morgan fingerprint density at radius 3 is 1.64 bits per heavy atom. The van der Waals surface area contributed by atoms with Crippen molar-refractivity contribution in [3.8, 4) is 45.0 Å². The Kier molecular flexibility index (Phi) is 8.11. The fourth-order valence-electron chi connectivity index (χ4n) is 8.12. The maximum Gasteiger partial charge on any atom is 0.160 e. The fraction of sp³-hybridized carbons (Fsp3) is 0. The highest BCUT2D eigenvalue weighted by Gasteiger charge is 2.20. The second kappa shape index (κ2) is 14.0. The molecule has 0 N–H and O–H groups in total. The van der Waals surface area contributed by atoms with Gasteiger partial charge in [-0.1, -0.05) is 146 Å². The standard InChI is InChI=1S/C54H35N3O/c1-4-15-38(16-5-1)50-35-51(56-54(55-50)39-17-6-2-7-18-39)49-33-43(32-48-47-31-41-20-12-13-21-42(41)34-52(47)58-53(48)49)37-24-27-45(28-25-37)57(44-22-8-3-9-23-44)46-29-26-36-14-10-11-19-40(36)30-46/h1-35H. The molecule has 0 bridgehead atoms. The summed E-state index contributed by atoms with van der Waals surface area (Å²) in [6.07, 6.45) is 0. The minimum Gasteiger partial charge on any atom is -0.455 e. The lowest BCUT2D eigenvalue weighted by Crippen LogP contribution is -2.09. The first-order valence-corrected chi connectivity index (χ1v) is 19.6.